The number of likely N-dealkylation sites (N-methyl/N-ethyl adjacent to an activating group) is 2. The summed E-state index contributed by atoms with van der Waals surface area (Å²) in [5, 5.41) is 17.9. The van der Waals surface area contributed by atoms with Gasteiger partial charge in [0.1, 0.15) is 22.5 Å². The minimum atomic E-state index is -0.00297. The molecule has 2 heterocycles. The van der Waals surface area contributed by atoms with Gasteiger partial charge in [-0.15, -0.1) is 0 Å². The maximum Gasteiger partial charge on any atom is 0.241 e. The number of carbonyl (C=O) groups excluding carboxylic acids is 2. The zero-order valence-electron chi connectivity index (χ0n) is 39.8. The van der Waals surface area contributed by atoms with E-state index in [1.54, 1.807) is 0 Å². The van der Waals surface area contributed by atoms with Crippen LogP contribution in [-0.2, 0) is 22.7 Å². The van der Waals surface area contributed by atoms with Gasteiger partial charge in [0.25, 0.3) is 0 Å². The molecule has 11 heteroatoms. The molecule has 2 saturated carbocycles. The predicted molar refractivity (Wildman–Crippen MR) is 283 cm³/mol. The number of fused-ring (bicyclic) bond motifs is 2. The summed E-state index contributed by atoms with van der Waals surface area (Å²) in [6.45, 7) is 7.74. The summed E-state index contributed by atoms with van der Waals surface area (Å²) in [6, 6.07) is 41.4. The summed E-state index contributed by atoms with van der Waals surface area (Å²) in [4.78, 5) is 30.4. The Morgan fingerprint density at radius 3 is 1.48 bits per heavy atom. The first-order chi connectivity index (χ1) is 32.6. The lowest BCUT2D eigenvalue weighted by atomic mass is 9.94. The summed E-state index contributed by atoms with van der Waals surface area (Å²) in [5.74, 6) is 0.00961. The third-order valence-electron chi connectivity index (χ3n) is 13.8. The second-order valence-corrected chi connectivity index (χ2v) is 19.8. The van der Waals surface area contributed by atoms with Crippen molar-refractivity contribution in [1.29, 1.82) is 0 Å². The predicted octanol–water partition coefficient (Wildman–Crippen LogP) is 11.1. The molecule has 0 spiro atoms. The van der Waals surface area contributed by atoms with E-state index in [0.717, 1.165) is 66.5 Å². The fraction of sp³-hybridized carbons (Fsp3) is 0.393. The Kier molecular flexibility index (Phi) is 16.6. The molecule has 2 aromatic heterocycles. The van der Waals surface area contributed by atoms with Crippen LogP contribution < -0.4 is 10.6 Å². The van der Waals surface area contributed by atoms with Gasteiger partial charge in [0, 0.05) is 54.6 Å². The Morgan fingerprint density at radius 2 is 0.985 bits per heavy atom. The first-order valence-electron chi connectivity index (χ1n) is 24.4. The Labute approximate surface area is 410 Å². The molecule has 2 amide bonds. The molecule has 0 bridgehead atoms. The monoisotopic (exact) mass is 1010 g/mol. The van der Waals surface area contributed by atoms with E-state index in [1.165, 1.54) is 80.9 Å². The Morgan fingerprint density at radius 1 is 0.552 bits per heavy atom. The number of aromatic nitrogens is 4. The molecular formula is C56H67IN8O2. The molecule has 2 N–H and O–H groups in total. The molecule has 350 valence electrons. The number of hydrogen-bond donors (Lipinski definition) is 2. The number of nitrogens with one attached hydrogen (secondary N) is 2. The molecule has 2 fully saturated rings. The Balaban J connectivity index is 0.000000184. The number of benzene rings is 5. The second kappa shape index (κ2) is 23.1. The summed E-state index contributed by atoms with van der Waals surface area (Å²) in [6.07, 6.45) is 13.1. The Bertz CT molecular complexity index is 2720. The van der Waals surface area contributed by atoms with Crippen molar-refractivity contribution in [3.8, 4) is 33.5 Å². The van der Waals surface area contributed by atoms with E-state index in [0.29, 0.717) is 25.2 Å². The quantitative estimate of drug-likeness (QED) is 0.0993. The van der Waals surface area contributed by atoms with Gasteiger partial charge in [-0.1, -0.05) is 141 Å². The van der Waals surface area contributed by atoms with Crippen LogP contribution in [0, 0.1) is 17.5 Å². The lowest BCUT2D eigenvalue weighted by molar-refractivity contribution is -0.122. The largest absolute Gasteiger partial charge is 0.353 e. The second-order valence-electron chi connectivity index (χ2n) is 18.8. The van der Waals surface area contributed by atoms with Gasteiger partial charge < -0.3 is 20.4 Å². The highest BCUT2D eigenvalue weighted by Gasteiger charge is 2.21. The van der Waals surface area contributed by atoms with Crippen molar-refractivity contribution < 1.29 is 9.59 Å². The van der Waals surface area contributed by atoms with E-state index in [-0.39, 0.29) is 24.9 Å². The van der Waals surface area contributed by atoms with Crippen LogP contribution in [0.15, 0.2) is 115 Å². The maximum atomic E-state index is 13.0. The number of carbonyl (C=O) groups is 2. The van der Waals surface area contributed by atoms with Crippen molar-refractivity contribution in [3.63, 3.8) is 0 Å². The van der Waals surface area contributed by atoms with Crippen molar-refractivity contribution in [2.75, 3.05) is 40.3 Å². The van der Waals surface area contributed by atoms with Gasteiger partial charge in [-0.05, 0) is 123 Å². The van der Waals surface area contributed by atoms with Crippen molar-refractivity contribution in [3.05, 3.63) is 130 Å². The van der Waals surface area contributed by atoms with Crippen LogP contribution in [0.4, 0.5) is 0 Å². The van der Waals surface area contributed by atoms with Gasteiger partial charge in [-0.3, -0.25) is 19.0 Å². The standard InChI is InChI=1S/C31H36N4O.C25H31IN4O/c1-23-13-15-24(16-14-23)26-17-18-28-29(21-26)35(33-31(28)25-9-5-3-6-10-25)22-30(36)32-19-20-34(2)27-11-7-4-8-12-27;1-18-8-10-19(11-9-18)20-12-13-22-23(16-20)30(28-25(22)26)17-24(31)27-14-15-29(2)21-6-4-3-5-7-21/h3,5-6,9-10,13-18,21,27H,4,7-8,11-12,19-20,22H2,1-2H3,(H,32,36);8-13,16,21H,3-7,14-15,17H2,1-2H3,(H,27,31). The van der Waals surface area contributed by atoms with Gasteiger partial charge in [-0.2, -0.15) is 10.2 Å². The highest BCUT2D eigenvalue weighted by Crippen LogP contribution is 2.32. The molecule has 0 unspecified atom stereocenters. The molecule has 0 aliphatic heterocycles. The molecule has 0 atom stereocenters. The smallest absolute Gasteiger partial charge is 0.241 e. The summed E-state index contributed by atoms with van der Waals surface area (Å²) >= 11 is 2.25. The molecule has 7 aromatic rings. The SMILES string of the molecule is Cc1ccc(-c2ccc3c(-c4ccccc4)nn(CC(=O)NCCN(C)C4CCCCC4)c3c2)cc1.Cc1ccc(-c2ccc3c(I)nn(CC(=O)NCCN(C)C4CCCCC4)c3c2)cc1. The molecule has 9 rings (SSSR count). The van der Waals surface area contributed by atoms with Gasteiger partial charge in [0.15, 0.2) is 0 Å². The summed E-state index contributed by atoms with van der Waals surface area (Å²) in [5.41, 5.74) is 11.0. The fourth-order valence-electron chi connectivity index (χ4n) is 9.74. The third kappa shape index (κ3) is 12.6. The lowest BCUT2D eigenvalue weighted by Gasteiger charge is -2.31. The zero-order valence-corrected chi connectivity index (χ0v) is 42.0. The van der Waals surface area contributed by atoms with Crippen molar-refractivity contribution in [2.24, 2.45) is 0 Å². The molecule has 2 aliphatic carbocycles. The molecule has 10 nitrogen and oxygen atoms in total. The van der Waals surface area contributed by atoms with Crippen LogP contribution in [0.1, 0.15) is 75.3 Å². The third-order valence-corrected chi connectivity index (χ3v) is 14.6. The van der Waals surface area contributed by atoms with E-state index in [9.17, 15) is 9.59 Å². The average Bonchev–Trinajstić information content (AvgIpc) is 3.87. The summed E-state index contributed by atoms with van der Waals surface area (Å²) < 4.78 is 4.61. The zero-order chi connectivity index (χ0) is 46.7. The lowest BCUT2D eigenvalue weighted by Crippen LogP contribution is -2.40. The van der Waals surface area contributed by atoms with Crippen molar-refractivity contribution >= 4 is 56.2 Å². The van der Waals surface area contributed by atoms with E-state index < -0.39 is 0 Å². The van der Waals surface area contributed by atoms with E-state index in [1.807, 2.05) is 27.6 Å². The van der Waals surface area contributed by atoms with Crippen LogP contribution in [-0.4, -0.2) is 93.5 Å². The minimum Gasteiger partial charge on any atom is -0.353 e. The molecule has 0 radical (unpaired) electrons. The summed E-state index contributed by atoms with van der Waals surface area (Å²) in [7, 11) is 4.36. The molecule has 5 aromatic carbocycles. The number of rotatable bonds is 15. The Hall–Kier alpha value is -5.37. The number of amides is 2. The fourth-order valence-corrected chi connectivity index (χ4v) is 10.5. The minimum absolute atomic E-state index is 0.00297. The number of nitrogens with zero attached hydrogens (tertiary/aromatic N) is 6. The first kappa shape index (κ1) is 48.1. The topological polar surface area (TPSA) is 100 Å². The van der Waals surface area contributed by atoms with E-state index in [2.05, 4.69) is 173 Å². The number of hydrogen-bond acceptors (Lipinski definition) is 6. The van der Waals surface area contributed by atoms with Crippen LogP contribution in [0.5, 0.6) is 0 Å². The van der Waals surface area contributed by atoms with Crippen LogP contribution in [0.2, 0.25) is 0 Å². The van der Waals surface area contributed by atoms with Crippen LogP contribution in [0.3, 0.4) is 0 Å². The molecule has 2 aliphatic rings. The average molecular weight is 1010 g/mol. The number of halogens is 1. The van der Waals surface area contributed by atoms with Gasteiger partial charge in [0.05, 0.1) is 11.0 Å². The highest BCUT2D eigenvalue weighted by molar-refractivity contribution is 14.1. The maximum absolute atomic E-state index is 13.0. The normalized spacial score (nSPS) is 14.7. The van der Waals surface area contributed by atoms with Crippen molar-refractivity contribution in [2.45, 2.75) is 103 Å². The molecular weight excluding hydrogens is 944 g/mol. The highest BCUT2D eigenvalue weighted by atomic mass is 127. The van der Waals surface area contributed by atoms with Gasteiger partial charge in [0.2, 0.25) is 11.8 Å². The van der Waals surface area contributed by atoms with E-state index in [4.69, 9.17) is 5.10 Å². The number of aryl methyl sites for hydroxylation is 2. The van der Waals surface area contributed by atoms with Gasteiger partial charge >= 0.3 is 0 Å². The van der Waals surface area contributed by atoms with E-state index >= 15 is 0 Å². The van der Waals surface area contributed by atoms with Crippen LogP contribution in [0.25, 0.3) is 55.3 Å². The first-order valence-corrected chi connectivity index (χ1v) is 25.5. The molecule has 0 saturated heterocycles. The molecule has 67 heavy (non-hydrogen) atoms. The van der Waals surface area contributed by atoms with Crippen molar-refractivity contribution in [1.82, 2.24) is 40.0 Å². The van der Waals surface area contributed by atoms with Crippen LogP contribution >= 0.6 is 22.6 Å². The van der Waals surface area contributed by atoms with Gasteiger partial charge in [-0.25, -0.2) is 0 Å².